The smallest absolute Gasteiger partial charge is 0.151 e. The minimum absolute atomic E-state index is 0.130. The van der Waals surface area contributed by atoms with Gasteiger partial charge in [-0.15, -0.1) is 0 Å². The second-order valence-electron chi connectivity index (χ2n) is 5.38. The van der Waals surface area contributed by atoms with Gasteiger partial charge in [-0.05, 0) is 32.1 Å². The number of methoxy groups -OCH3 is 1. The van der Waals surface area contributed by atoms with E-state index in [-0.39, 0.29) is 17.4 Å². The summed E-state index contributed by atoms with van der Waals surface area (Å²) in [6, 6.07) is 0.470. The third-order valence-electron chi connectivity index (χ3n) is 4.19. The monoisotopic (exact) mass is 261 g/mol. The molecule has 2 fully saturated rings. The molecule has 4 atom stereocenters. The third-order valence-corrected chi connectivity index (χ3v) is 5.85. The molecule has 0 aromatic carbocycles. The first-order chi connectivity index (χ1) is 8.02. The molecule has 0 radical (unpaired) electrons. The van der Waals surface area contributed by atoms with Crippen molar-refractivity contribution in [1.82, 2.24) is 5.32 Å². The molecule has 1 N–H and O–H groups in total. The van der Waals surface area contributed by atoms with Crippen LogP contribution in [0.4, 0.5) is 0 Å². The van der Waals surface area contributed by atoms with Crippen LogP contribution in [0.5, 0.6) is 0 Å². The molecule has 0 bridgehead atoms. The Hall–Kier alpha value is -0.130. The lowest BCUT2D eigenvalue weighted by atomic mass is 10.1. The molecule has 0 heterocycles. The molecule has 4 nitrogen and oxygen atoms in total. The fraction of sp³-hybridized carbons (Fsp3) is 1.00. The highest BCUT2D eigenvalue weighted by Crippen LogP contribution is 2.28. The molecular weight excluding hydrogens is 238 g/mol. The summed E-state index contributed by atoms with van der Waals surface area (Å²) in [6.07, 6.45) is 7.78. The van der Waals surface area contributed by atoms with E-state index < -0.39 is 9.84 Å². The summed E-state index contributed by atoms with van der Waals surface area (Å²) in [4.78, 5) is 0. The standard InChI is InChI=1S/C12H23NO3S/c1-16-11-7-3-5-9(11)13-10-6-4-8-12(10)17(2,14)15/h9-13H,3-8H2,1-2H3. The van der Waals surface area contributed by atoms with E-state index in [0.717, 1.165) is 32.1 Å². The second kappa shape index (κ2) is 5.24. The van der Waals surface area contributed by atoms with Crippen LogP contribution in [0.15, 0.2) is 0 Å². The molecule has 2 aliphatic carbocycles. The normalized spacial score (nSPS) is 38.7. The third kappa shape index (κ3) is 3.01. The lowest BCUT2D eigenvalue weighted by Gasteiger charge is -2.27. The zero-order chi connectivity index (χ0) is 12.5. The minimum atomic E-state index is -2.92. The van der Waals surface area contributed by atoms with Gasteiger partial charge in [0, 0.05) is 25.4 Å². The Kier molecular flexibility index (Phi) is 4.10. The van der Waals surface area contributed by atoms with E-state index in [1.807, 2.05) is 0 Å². The molecule has 17 heavy (non-hydrogen) atoms. The quantitative estimate of drug-likeness (QED) is 0.823. The van der Waals surface area contributed by atoms with Crippen LogP contribution in [-0.2, 0) is 14.6 Å². The predicted molar refractivity (Wildman–Crippen MR) is 67.8 cm³/mol. The number of rotatable bonds is 4. The van der Waals surface area contributed by atoms with E-state index in [4.69, 9.17) is 4.74 Å². The van der Waals surface area contributed by atoms with Crippen LogP contribution in [0.1, 0.15) is 38.5 Å². The summed E-state index contributed by atoms with van der Waals surface area (Å²) in [6.45, 7) is 0. The Balaban J connectivity index is 1.98. The minimum Gasteiger partial charge on any atom is -0.380 e. The fourth-order valence-corrected chi connectivity index (χ4v) is 4.71. The molecule has 2 aliphatic rings. The van der Waals surface area contributed by atoms with Crippen LogP contribution in [0.2, 0.25) is 0 Å². The average molecular weight is 261 g/mol. The Morgan fingerprint density at radius 2 is 1.71 bits per heavy atom. The molecule has 0 aliphatic heterocycles. The van der Waals surface area contributed by atoms with Gasteiger partial charge in [-0.2, -0.15) is 0 Å². The molecule has 0 spiro atoms. The number of nitrogens with one attached hydrogen (secondary N) is 1. The van der Waals surface area contributed by atoms with Crippen LogP contribution in [0.3, 0.4) is 0 Å². The zero-order valence-electron chi connectivity index (χ0n) is 10.7. The molecule has 2 saturated carbocycles. The second-order valence-corrected chi connectivity index (χ2v) is 7.65. The van der Waals surface area contributed by atoms with Crippen LogP contribution >= 0.6 is 0 Å². The highest BCUT2D eigenvalue weighted by molar-refractivity contribution is 7.91. The number of ether oxygens (including phenoxy) is 1. The molecule has 4 unspecified atom stereocenters. The Morgan fingerprint density at radius 3 is 2.35 bits per heavy atom. The van der Waals surface area contributed by atoms with Crippen molar-refractivity contribution >= 4 is 9.84 Å². The Bertz CT molecular complexity index is 355. The van der Waals surface area contributed by atoms with Crippen LogP contribution < -0.4 is 5.32 Å². The molecule has 0 aromatic rings. The summed E-state index contributed by atoms with van der Waals surface area (Å²) in [5.74, 6) is 0. The van der Waals surface area contributed by atoms with Gasteiger partial charge in [0.15, 0.2) is 9.84 Å². The maximum absolute atomic E-state index is 11.7. The lowest BCUT2D eigenvalue weighted by molar-refractivity contribution is 0.0816. The first kappa shape index (κ1) is 13.3. The highest BCUT2D eigenvalue weighted by Gasteiger charge is 2.38. The maximum atomic E-state index is 11.7. The van der Waals surface area contributed by atoms with Gasteiger partial charge < -0.3 is 10.1 Å². The van der Waals surface area contributed by atoms with E-state index in [2.05, 4.69) is 5.32 Å². The van der Waals surface area contributed by atoms with E-state index in [1.54, 1.807) is 7.11 Å². The number of hydrogen-bond donors (Lipinski definition) is 1. The van der Waals surface area contributed by atoms with Crippen molar-refractivity contribution in [3.63, 3.8) is 0 Å². The van der Waals surface area contributed by atoms with Gasteiger partial charge >= 0.3 is 0 Å². The molecule has 5 heteroatoms. The summed E-state index contributed by atoms with van der Waals surface area (Å²) >= 11 is 0. The summed E-state index contributed by atoms with van der Waals surface area (Å²) in [5, 5.41) is 3.34. The van der Waals surface area contributed by atoms with Gasteiger partial charge in [-0.1, -0.05) is 6.42 Å². The van der Waals surface area contributed by atoms with Crippen LogP contribution in [-0.4, -0.2) is 45.2 Å². The van der Waals surface area contributed by atoms with Gasteiger partial charge in [0.05, 0.1) is 11.4 Å². The molecule has 0 aromatic heterocycles. The van der Waals surface area contributed by atoms with Crippen LogP contribution in [0, 0.1) is 0 Å². The summed E-state index contributed by atoms with van der Waals surface area (Å²) < 4.78 is 28.8. The Morgan fingerprint density at radius 1 is 1.06 bits per heavy atom. The predicted octanol–water partition coefficient (Wildman–Crippen LogP) is 1.11. The molecule has 2 rings (SSSR count). The van der Waals surface area contributed by atoms with Crippen molar-refractivity contribution < 1.29 is 13.2 Å². The molecular formula is C12H23NO3S. The number of sulfone groups is 1. The van der Waals surface area contributed by atoms with Gasteiger partial charge in [-0.25, -0.2) is 8.42 Å². The van der Waals surface area contributed by atoms with E-state index in [9.17, 15) is 8.42 Å². The van der Waals surface area contributed by atoms with Gasteiger partial charge in [0.25, 0.3) is 0 Å². The average Bonchev–Trinajstić information content (AvgIpc) is 2.85. The van der Waals surface area contributed by atoms with Crippen molar-refractivity contribution in [1.29, 1.82) is 0 Å². The summed E-state index contributed by atoms with van der Waals surface area (Å²) in [7, 11) is -1.18. The van der Waals surface area contributed by atoms with E-state index >= 15 is 0 Å². The molecule has 0 saturated heterocycles. The summed E-state index contributed by atoms with van der Waals surface area (Å²) in [5.41, 5.74) is 0. The maximum Gasteiger partial charge on any atom is 0.151 e. The number of hydrogen-bond acceptors (Lipinski definition) is 4. The van der Waals surface area contributed by atoms with Crippen LogP contribution in [0.25, 0.3) is 0 Å². The highest BCUT2D eigenvalue weighted by atomic mass is 32.2. The van der Waals surface area contributed by atoms with Crippen molar-refractivity contribution in [2.24, 2.45) is 0 Å². The largest absolute Gasteiger partial charge is 0.380 e. The van der Waals surface area contributed by atoms with Crippen molar-refractivity contribution in [3.8, 4) is 0 Å². The molecule has 100 valence electrons. The first-order valence-electron chi connectivity index (χ1n) is 6.50. The van der Waals surface area contributed by atoms with Crippen molar-refractivity contribution in [2.45, 2.75) is 62.0 Å². The van der Waals surface area contributed by atoms with E-state index in [1.165, 1.54) is 12.7 Å². The zero-order valence-corrected chi connectivity index (χ0v) is 11.5. The topological polar surface area (TPSA) is 55.4 Å². The van der Waals surface area contributed by atoms with Gasteiger partial charge in [0.2, 0.25) is 0 Å². The molecule has 0 amide bonds. The van der Waals surface area contributed by atoms with Gasteiger partial charge in [0.1, 0.15) is 0 Å². The van der Waals surface area contributed by atoms with Crippen molar-refractivity contribution in [3.05, 3.63) is 0 Å². The first-order valence-corrected chi connectivity index (χ1v) is 8.45. The SMILES string of the molecule is COC1CCCC1NC1CCCC1S(C)(=O)=O. The Labute approximate surface area is 104 Å². The van der Waals surface area contributed by atoms with Gasteiger partial charge in [-0.3, -0.25) is 0 Å². The fourth-order valence-electron chi connectivity index (χ4n) is 3.30. The van der Waals surface area contributed by atoms with Crippen molar-refractivity contribution in [2.75, 3.05) is 13.4 Å². The lowest BCUT2D eigenvalue weighted by Crippen LogP contribution is -2.48. The van der Waals surface area contributed by atoms with E-state index in [0.29, 0.717) is 6.04 Å².